The van der Waals surface area contributed by atoms with Crippen molar-refractivity contribution in [1.29, 1.82) is 0 Å². The van der Waals surface area contributed by atoms with Gasteiger partial charge in [0.25, 0.3) is 0 Å². The number of nitrogens with zero attached hydrogens (tertiary/aromatic N) is 2. The Bertz CT molecular complexity index is 1110. The van der Waals surface area contributed by atoms with Crippen LogP contribution in [0.2, 0.25) is 0 Å². The van der Waals surface area contributed by atoms with Gasteiger partial charge in [-0.25, -0.2) is 9.59 Å². The smallest absolute Gasteiger partial charge is 0.407 e. The van der Waals surface area contributed by atoms with Gasteiger partial charge in [-0.1, -0.05) is 32.9 Å². The Morgan fingerprint density at radius 1 is 1.02 bits per heavy atom. The predicted molar refractivity (Wildman–Crippen MR) is 143 cm³/mol. The maximum absolute atomic E-state index is 13.8. The van der Waals surface area contributed by atoms with Crippen molar-refractivity contribution in [2.75, 3.05) is 26.9 Å². The van der Waals surface area contributed by atoms with E-state index < -0.39 is 42.0 Å². The molecular weight excluding hydrogens is 518 g/mol. The third-order valence-corrected chi connectivity index (χ3v) is 8.00. The average molecular weight is 560 g/mol. The molecule has 3 unspecified atom stereocenters. The second-order valence-electron chi connectivity index (χ2n) is 12.1. The van der Waals surface area contributed by atoms with E-state index in [0.29, 0.717) is 13.2 Å². The first-order valence-corrected chi connectivity index (χ1v) is 14.3. The molecule has 4 bridgehead atoms. The number of ether oxygens (including phenoxy) is 5. The minimum Gasteiger partial charge on any atom is -0.493 e. The molecule has 0 radical (unpaired) electrons. The number of cyclic esters (lactones) is 1. The summed E-state index contributed by atoms with van der Waals surface area (Å²) in [5.74, 6) is 0.0133. The number of carbonyl (C=O) groups excluding carboxylic acids is 3. The third-order valence-electron chi connectivity index (χ3n) is 8.00. The molecule has 1 aromatic carbocycles. The molecule has 0 saturated carbocycles. The fourth-order valence-corrected chi connectivity index (χ4v) is 5.75. The van der Waals surface area contributed by atoms with Gasteiger partial charge in [0.1, 0.15) is 17.8 Å². The summed E-state index contributed by atoms with van der Waals surface area (Å²) in [7, 11) is 1.30. The Morgan fingerprint density at radius 2 is 1.77 bits per heavy atom. The van der Waals surface area contributed by atoms with Crippen LogP contribution in [0.3, 0.4) is 0 Å². The highest BCUT2D eigenvalue weighted by atomic mass is 16.8. The minimum atomic E-state index is -0.900. The van der Waals surface area contributed by atoms with Gasteiger partial charge in [0.05, 0.1) is 26.4 Å². The Labute approximate surface area is 235 Å². The van der Waals surface area contributed by atoms with E-state index in [9.17, 15) is 14.4 Å². The quantitative estimate of drug-likeness (QED) is 0.409. The maximum Gasteiger partial charge on any atom is 0.407 e. The first kappa shape index (κ1) is 28.6. The molecule has 40 heavy (non-hydrogen) atoms. The van der Waals surface area contributed by atoms with Crippen LogP contribution in [-0.4, -0.2) is 85.3 Å². The molecular formula is C29H41N3O8. The maximum atomic E-state index is 13.8. The molecule has 4 aliphatic rings. The van der Waals surface area contributed by atoms with Gasteiger partial charge in [-0.3, -0.25) is 9.69 Å². The van der Waals surface area contributed by atoms with Crippen molar-refractivity contribution < 1.29 is 38.1 Å². The number of hydrogen-bond donors (Lipinski definition) is 1. The van der Waals surface area contributed by atoms with Crippen LogP contribution in [0.1, 0.15) is 64.0 Å². The molecule has 5 rings (SSSR count). The van der Waals surface area contributed by atoms with Crippen molar-refractivity contribution in [2.24, 2.45) is 5.41 Å². The number of fused-ring (bicyclic) bond motifs is 5. The first-order valence-electron chi connectivity index (χ1n) is 14.3. The van der Waals surface area contributed by atoms with Gasteiger partial charge in [-0.2, -0.15) is 0 Å². The number of epoxide rings is 1. The molecule has 2 fully saturated rings. The molecule has 1 aromatic rings. The zero-order valence-corrected chi connectivity index (χ0v) is 23.9. The highest BCUT2D eigenvalue weighted by molar-refractivity contribution is 5.91. The highest BCUT2D eigenvalue weighted by Gasteiger charge is 2.52. The topological polar surface area (TPSA) is 119 Å². The van der Waals surface area contributed by atoms with E-state index in [0.717, 1.165) is 38.0 Å². The van der Waals surface area contributed by atoms with Crippen molar-refractivity contribution in [2.45, 2.75) is 96.7 Å². The van der Waals surface area contributed by atoms with Gasteiger partial charge < -0.3 is 33.9 Å². The molecule has 2 saturated heterocycles. The first-order chi connectivity index (χ1) is 19.2. The molecule has 2 amide bonds. The lowest BCUT2D eigenvalue weighted by Crippen LogP contribution is -2.57. The molecule has 6 atom stereocenters. The zero-order chi connectivity index (χ0) is 28.4. The van der Waals surface area contributed by atoms with Crippen LogP contribution < -0.4 is 10.1 Å². The monoisotopic (exact) mass is 559 g/mol. The van der Waals surface area contributed by atoms with Crippen molar-refractivity contribution in [3.8, 4) is 5.75 Å². The number of amides is 2. The molecule has 0 aromatic heterocycles. The van der Waals surface area contributed by atoms with E-state index in [4.69, 9.17) is 23.7 Å². The molecule has 11 nitrogen and oxygen atoms in total. The lowest BCUT2D eigenvalue weighted by molar-refractivity contribution is -0.152. The van der Waals surface area contributed by atoms with Gasteiger partial charge in [-0.15, -0.1) is 0 Å². The van der Waals surface area contributed by atoms with E-state index in [1.165, 1.54) is 23.1 Å². The van der Waals surface area contributed by atoms with Gasteiger partial charge in [0.2, 0.25) is 5.91 Å². The van der Waals surface area contributed by atoms with Crippen LogP contribution in [0.15, 0.2) is 18.2 Å². The van der Waals surface area contributed by atoms with Crippen molar-refractivity contribution in [3.05, 3.63) is 29.3 Å². The highest BCUT2D eigenvalue weighted by Crippen LogP contribution is 2.39. The summed E-state index contributed by atoms with van der Waals surface area (Å²) in [6, 6.07) is 4.43. The number of hydrogen-bond acceptors (Lipinski definition) is 9. The lowest BCUT2D eigenvalue weighted by atomic mass is 9.85. The summed E-state index contributed by atoms with van der Waals surface area (Å²) in [5, 5.41) is 2.75. The van der Waals surface area contributed by atoms with Gasteiger partial charge in [0.15, 0.2) is 12.5 Å². The normalized spacial score (nSPS) is 31.6. The summed E-state index contributed by atoms with van der Waals surface area (Å²) in [4.78, 5) is 42.8. The molecule has 1 N–H and O–H groups in total. The van der Waals surface area contributed by atoms with Crippen molar-refractivity contribution >= 4 is 18.0 Å². The van der Waals surface area contributed by atoms with E-state index in [1.54, 1.807) is 0 Å². The SMILES string of the molecule is COC(=O)C1C[C@@H]2CN1C(=O)[C@H](C(C)(C)C)NC(=O)OCCCCCCOc1cccc3c1CN(C3)[C@H]1OC1O2. The largest absolute Gasteiger partial charge is 0.493 e. The summed E-state index contributed by atoms with van der Waals surface area (Å²) in [6.45, 7) is 8.10. The number of carbonyl (C=O) groups is 3. The van der Waals surface area contributed by atoms with Crippen LogP contribution in [-0.2, 0) is 41.6 Å². The van der Waals surface area contributed by atoms with Gasteiger partial charge in [-0.05, 0) is 42.7 Å². The van der Waals surface area contributed by atoms with E-state index in [2.05, 4.69) is 16.3 Å². The van der Waals surface area contributed by atoms with Crippen molar-refractivity contribution in [3.63, 3.8) is 0 Å². The fraction of sp³-hybridized carbons (Fsp3) is 0.690. The number of methoxy groups -OCH3 is 1. The minimum absolute atomic E-state index is 0.187. The second-order valence-corrected chi connectivity index (χ2v) is 12.1. The standard InChI is InChI=1S/C29H41N3O8/c1-29(2,3)23-24(33)32-16-19(14-21(32)26(34)36-4)39-27-25(40-27)31-15-18-10-9-11-22(20(18)17-31)37-12-7-5-6-8-13-38-28(35)30-23/h9-11,19,21,23,25,27H,5-8,12-17H2,1-4H3,(H,30,35)/t19-,21?,23-,25+,27?/m1/s1. The van der Waals surface area contributed by atoms with Crippen LogP contribution in [0.5, 0.6) is 5.75 Å². The number of esters is 1. The fourth-order valence-electron chi connectivity index (χ4n) is 5.75. The second kappa shape index (κ2) is 11.9. The van der Waals surface area contributed by atoms with E-state index in [-0.39, 0.29) is 31.7 Å². The Morgan fingerprint density at radius 3 is 2.50 bits per heavy atom. The lowest BCUT2D eigenvalue weighted by Gasteiger charge is -2.34. The number of nitrogens with one attached hydrogen (secondary N) is 1. The molecule has 4 aliphatic heterocycles. The Kier molecular flexibility index (Phi) is 8.53. The molecule has 0 spiro atoms. The Hall–Kier alpha value is -2.89. The average Bonchev–Trinajstić information content (AvgIpc) is 3.32. The number of rotatable bonds is 1. The number of benzene rings is 1. The van der Waals surface area contributed by atoms with Gasteiger partial charge >= 0.3 is 12.1 Å². The third kappa shape index (κ3) is 6.37. The van der Waals surface area contributed by atoms with E-state index >= 15 is 0 Å². The zero-order valence-electron chi connectivity index (χ0n) is 23.9. The molecule has 11 heteroatoms. The van der Waals surface area contributed by atoms with Crippen LogP contribution in [0.25, 0.3) is 0 Å². The summed E-state index contributed by atoms with van der Waals surface area (Å²) in [6.07, 6.45) is 2.02. The van der Waals surface area contributed by atoms with E-state index in [1.807, 2.05) is 32.9 Å². The number of alkyl carbamates (subject to hydrolysis) is 1. The van der Waals surface area contributed by atoms with Crippen molar-refractivity contribution in [1.82, 2.24) is 15.1 Å². The molecule has 220 valence electrons. The Balaban J connectivity index is 1.33. The van der Waals surface area contributed by atoms with Crippen LogP contribution in [0, 0.1) is 5.41 Å². The molecule has 0 aliphatic carbocycles. The predicted octanol–water partition coefficient (Wildman–Crippen LogP) is 2.94. The molecule has 4 heterocycles. The van der Waals surface area contributed by atoms with Crippen LogP contribution in [0.4, 0.5) is 4.79 Å². The van der Waals surface area contributed by atoms with Gasteiger partial charge in [0, 0.05) is 31.6 Å². The summed E-state index contributed by atoms with van der Waals surface area (Å²) >= 11 is 0. The summed E-state index contributed by atoms with van der Waals surface area (Å²) < 4.78 is 28.7. The summed E-state index contributed by atoms with van der Waals surface area (Å²) in [5.41, 5.74) is 1.77. The van der Waals surface area contributed by atoms with Crippen LogP contribution >= 0.6 is 0 Å².